The lowest BCUT2D eigenvalue weighted by Crippen LogP contribution is -2.04. The second-order valence-electron chi connectivity index (χ2n) is 4.69. The summed E-state index contributed by atoms with van der Waals surface area (Å²) in [6.07, 6.45) is -1.74. The number of aliphatic imine (C=N–C) groups is 1. The zero-order chi connectivity index (χ0) is 16.9. The Balaban J connectivity index is 1.97. The molecular weight excluding hydrogens is 303 g/mol. The van der Waals surface area contributed by atoms with Crippen molar-refractivity contribution in [1.29, 1.82) is 5.41 Å². The van der Waals surface area contributed by atoms with Gasteiger partial charge in [-0.2, -0.15) is 13.2 Å². The van der Waals surface area contributed by atoms with E-state index < -0.39 is 11.7 Å². The Morgan fingerprint density at radius 1 is 1.04 bits per heavy atom. The number of nitrogens with one attached hydrogen (secondary N) is 2. The molecule has 0 aromatic heterocycles. The first-order chi connectivity index (χ1) is 10.9. The van der Waals surface area contributed by atoms with Crippen LogP contribution in [0.2, 0.25) is 0 Å². The number of rotatable bonds is 5. The maximum Gasteiger partial charge on any atom is 0.416 e. The maximum absolute atomic E-state index is 12.4. The molecule has 0 saturated carbocycles. The van der Waals surface area contributed by atoms with Gasteiger partial charge in [-0.15, -0.1) is 0 Å². The number of nitrogens with zero attached hydrogens (tertiary/aromatic N) is 1. The van der Waals surface area contributed by atoms with Crippen molar-refractivity contribution in [2.24, 2.45) is 4.99 Å². The molecule has 0 bridgehead atoms. The van der Waals surface area contributed by atoms with Crippen molar-refractivity contribution >= 4 is 23.9 Å². The van der Waals surface area contributed by atoms with E-state index in [0.29, 0.717) is 11.4 Å². The van der Waals surface area contributed by atoms with Crippen LogP contribution in [0.25, 0.3) is 5.70 Å². The molecule has 6 heteroatoms. The van der Waals surface area contributed by atoms with Crippen LogP contribution in [0.1, 0.15) is 16.7 Å². The normalized spacial score (nSPS) is 11.4. The van der Waals surface area contributed by atoms with Crippen molar-refractivity contribution in [3.05, 3.63) is 71.8 Å². The highest BCUT2D eigenvalue weighted by atomic mass is 19.4. The highest BCUT2D eigenvalue weighted by molar-refractivity contribution is 5.82. The third-order valence-electron chi connectivity index (χ3n) is 3.07. The van der Waals surface area contributed by atoms with E-state index in [1.165, 1.54) is 24.7 Å². The van der Waals surface area contributed by atoms with Gasteiger partial charge in [0.2, 0.25) is 0 Å². The van der Waals surface area contributed by atoms with Crippen molar-refractivity contribution < 1.29 is 13.2 Å². The quantitative estimate of drug-likeness (QED) is 0.603. The molecule has 0 aliphatic carbocycles. The van der Waals surface area contributed by atoms with Gasteiger partial charge in [0.15, 0.2) is 0 Å². The van der Waals surface area contributed by atoms with Crippen LogP contribution in [0, 0.1) is 5.41 Å². The third-order valence-corrected chi connectivity index (χ3v) is 3.07. The molecule has 23 heavy (non-hydrogen) atoms. The zero-order valence-electron chi connectivity index (χ0n) is 12.1. The fourth-order valence-electron chi connectivity index (χ4n) is 1.79. The Morgan fingerprint density at radius 3 is 2.17 bits per heavy atom. The number of alkyl halides is 3. The third kappa shape index (κ3) is 4.54. The van der Waals surface area contributed by atoms with Crippen molar-refractivity contribution in [2.75, 3.05) is 5.32 Å². The molecule has 0 radical (unpaired) electrons. The van der Waals surface area contributed by atoms with E-state index in [-0.39, 0.29) is 0 Å². The molecule has 0 aliphatic rings. The van der Waals surface area contributed by atoms with E-state index in [0.717, 1.165) is 23.3 Å². The molecule has 0 saturated heterocycles. The van der Waals surface area contributed by atoms with Crippen LogP contribution in [0.15, 0.2) is 60.1 Å². The first-order valence-corrected chi connectivity index (χ1v) is 6.66. The lowest BCUT2D eigenvalue weighted by Gasteiger charge is -2.07. The molecule has 2 rings (SSSR count). The minimum Gasteiger partial charge on any atom is -0.346 e. The molecule has 0 heterocycles. The molecule has 0 aliphatic heterocycles. The van der Waals surface area contributed by atoms with Crippen LogP contribution in [-0.2, 0) is 6.18 Å². The van der Waals surface area contributed by atoms with Crippen LogP contribution in [0.4, 0.5) is 18.9 Å². The Labute approximate surface area is 131 Å². The van der Waals surface area contributed by atoms with Gasteiger partial charge in [0.05, 0.1) is 17.6 Å². The van der Waals surface area contributed by atoms with Crippen LogP contribution >= 0.6 is 0 Å². The van der Waals surface area contributed by atoms with Gasteiger partial charge in [0, 0.05) is 11.9 Å². The predicted molar refractivity (Wildman–Crippen MR) is 86.9 cm³/mol. The minimum absolute atomic E-state index is 0.494. The van der Waals surface area contributed by atoms with Crippen molar-refractivity contribution in [2.45, 2.75) is 6.18 Å². The summed E-state index contributed by atoms with van der Waals surface area (Å²) in [5.41, 5.74) is 1.86. The molecule has 0 atom stereocenters. The van der Waals surface area contributed by atoms with Crippen LogP contribution < -0.4 is 5.32 Å². The molecule has 2 aromatic rings. The zero-order valence-corrected chi connectivity index (χ0v) is 12.1. The average molecular weight is 317 g/mol. The smallest absolute Gasteiger partial charge is 0.346 e. The van der Waals surface area contributed by atoms with E-state index in [2.05, 4.69) is 16.9 Å². The van der Waals surface area contributed by atoms with Crippen LogP contribution in [0.5, 0.6) is 0 Å². The summed E-state index contributed by atoms with van der Waals surface area (Å²) < 4.78 is 37.3. The molecule has 0 spiro atoms. The van der Waals surface area contributed by atoms with E-state index >= 15 is 0 Å². The van der Waals surface area contributed by atoms with Gasteiger partial charge in [-0.05, 0) is 35.4 Å². The molecule has 118 valence electrons. The van der Waals surface area contributed by atoms with Gasteiger partial charge >= 0.3 is 6.18 Å². The highest BCUT2D eigenvalue weighted by Crippen LogP contribution is 2.29. The van der Waals surface area contributed by atoms with Gasteiger partial charge < -0.3 is 10.7 Å². The standard InChI is InChI=1S/C17H14F3N3/c1-12(14-4-2-13(10-21)3-5-14)22-11-23-16-8-6-15(7-9-16)17(18,19)20/h2-11,21H,1H2,(H,22,23). The number of benzene rings is 2. The highest BCUT2D eigenvalue weighted by Gasteiger charge is 2.29. The number of halogens is 3. The largest absolute Gasteiger partial charge is 0.416 e. The minimum atomic E-state index is -4.34. The average Bonchev–Trinajstić information content (AvgIpc) is 2.54. The molecule has 2 N–H and O–H groups in total. The van der Waals surface area contributed by atoms with Gasteiger partial charge in [0.1, 0.15) is 0 Å². The van der Waals surface area contributed by atoms with Gasteiger partial charge in [-0.3, -0.25) is 0 Å². The summed E-state index contributed by atoms with van der Waals surface area (Å²) in [7, 11) is 0. The molecule has 0 amide bonds. The van der Waals surface area contributed by atoms with Crippen molar-refractivity contribution in [3.8, 4) is 0 Å². The summed E-state index contributed by atoms with van der Waals surface area (Å²) >= 11 is 0. The second-order valence-corrected chi connectivity index (χ2v) is 4.69. The number of hydrogen-bond acceptors (Lipinski definition) is 2. The molecule has 0 fully saturated rings. The fraction of sp³-hybridized carbons (Fsp3) is 0.0588. The first kappa shape index (κ1) is 16.5. The van der Waals surface area contributed by atoms with Crippen LogP contribution in [-0.4, -0.2) is 12.6 Å². The van der Waals surface area contributed by atoms with E-state index in [1.807, 2.05) is 0 Å². The van der Waals surface area contributed by atoms with Crippen molar-refractivity contribution in [3.63, 3.8) is 0 Å². The summed E-state index contributed by atoms with van der Waals surface area (Å²) in [5.74, 6) is 0. The maximum atomic E-state index is 12.4. The van der Waals surface area contributed by atoms with E-state index in [9.17, 15) is 13.2 Å². The molecule has 0 unspecified atom stereocenters. The monoisotopic (exact) mass is 317 g/mol. The SMILES string of the molecule is C=C(N=CNc1ccc(C(F)(F)F)cc1)c1ccc(C=N)cc1. The van der Waals surface area contributed by atoms with Gasteiger partial charge in [0.25, 0.3) is 0 Å². The Hall–Kier alpha value is -2.89. The molecule has 3 nitrogen and oxygen atoms in total. The molecular formula is C17H14F3N3. The van der Waals surface area contributed by atoms with E-state index in [4.69, 9.17) is 5.41 Å². The summed E-state index contributed by atoms with van der Waals surface area (Å²) in [4.78, 5) is 4.11. The second kappa shape index (κ2) is 6.91. The summed E-state index contributed by atoms with van der Waals surface area (Å²) in [5, 5.41) is 9.91. The number of hydrogen-bond donors (Lipinski definition) is 2. The topological polar surface area (TPSA) is 48.2 Å². The Kier molecular flexibility index (Phi) is 4.95. The van der Waals surface area contributed by atoms with E-state index in [1.54, 1.807) is 24.3 Å². The first-order valence-electron chi connectivity index (χ1n) is 6.66. The van der Waals surface area contributed by atoms with Crippen LogP contribution in [0.3, 0.4) is 0 Å². The predicted octanol–water partition coefficient (Wildman–Crippen LogP) is 4.81. The lowest BCUT2D eigenvalue weighted by molar-refractivity contribution is -0.137. The summed E-state index contributed by atoms with van der Waals surface area (Å²) in [6, 6.07) is 11.8. The molecule has 2 aromatic carbocycles. The number of anilines is 1. The Morgan fingerprint density at radius 2 is 1.65 bits per heavy atom. The lowest BCUT2D eigenvalue weighted by atomic mass is 10.1. The van der Waals surface area contributed by atoms with Gasteiger partial charge in [-0.25, -0.2) is 4.99 Å². The van der Waals surface area contributed by atoms with Gasteiger partial charge in [-0.1, -0.05) is 30.8 Å². The fourth-order valence-corrected chi connectivity index (χ4v) is 1.79. The van der Waals surface area contributed by atoms with Crippen molar-refractivity contribution in [1.82, 2.24) is 0 Å². The Bertz CT molecular complexity index is 714. The summed E-state index contributed by atoms with van der Waals surface area (Å²) in [6.45, 7) is 3.81.